The predicted molar refractivity (Wildman–Crippen MR) is 121 cm³/mol. The molecule has 0 spiro atoms. The molecule has 0 radical (unpaired) electrons. The lowest BCUT2D eigenvalue weighted by molar-refractivity contribution is -0.132. The lowest BCUT2D eigenvalue weighted by atomic mass is 9.86. The zero-order valence-electron chi connectivity index (χ0n) is 19.1. The number of hydrogen-bond acceptors (Lipinski definition) is 5. The van der Waals surface area contributed by atoms with Crippen molar-refractivity contribution in [3.63, 3.8) is 0 Å². The number of rotatable bonds is 8. The topological polar surface area (TPSA) is 101 Å². The Morgan fingerprint density at radius 3 is 2.15 bits per heavy atom. The number of benzene rings is 1. The van der Waals surface area contributed by atoms with Gasteiger partial charge in [-0.1, -0.05) is 0 Å². The Kier molecular flexibility index (Phi) is 8.97. The molecule has 0 bridgehead atoms. The zero-order valence-corrected chi connectivity index (χ0v) is 20.0. The van der Waals surface area contributed by atoms with Crippen LogP contribution in [0.25, 0.3) is 0 Å². The van der Waals surface area contributed by atoms with Gasteiger partial charge in [-0.25, -0.2) is 21.6 Å². The third kappa shape index (κ3) is 7.18. The normalized spacial score (nSPS) is 18.7. The summed E-state index contributed by atoms with van der Waals surface area (Å²) in [7, 11) is -3.68. The molecule has 2 heterocycles. The zero-order chi connectivity index (χ0) is 24.9. The third-order valence-corrected chi connectivity index (χ3v) is 8.23. The summed E-state index contributed by atoms with van der Waals surface area (Å²) < 4.78 is 65.1. The highest BCUT2D eigenvalue weighted by atomic mass is 32.2. The van der Waals surface area contributed by atoms with Gasteiger partial charge in [-0.3, -0.25) is 9.59 Å². The van der Waals surface area contributed by atoms with Crippen molar-refractivity contribution in [2.75, 3.05) is 37.7 Å². The van der Waals surface area contributed by atoms with E-state index in [-0.39, 0.29) is 36.0 Å². The molecule has 1 atom stereocenters. The molecule has 0 aliphatic carbocycles. The molecule has 11 heteroatoms. The number of hydrogen-bond donors (Lipinski definition) is 1. The number of piperidine rings is 2. The average molecular weight is 504 g/mol. The highest BCUT2D eigenvalue weighted by Gasteiger charge is 2.29. The minimum Gasteiger partial charge on any atom is -0.343 e. The molecule has 190 valence electrons. The van der Waals surface area contributed by atoms with Crippen LogP contribution in [-0.4, -0.2) is 73.8 Å². The Morgan fingerprint density at radius 1 is 0.912 bits per heavy atom. The summed E-state index contributed by atoms with van der Waals surface area (Å²) >= 11 is 0. The fourth-order valence-electron chi connectivity index (χ4n) is 4.61. The van der Waals surface area contributed by atoms with Crippen LogP contribution >= 0.6 is 0 Å². The monoisotopic (exact) mass is 503 g/mol. The second kappa shape index (κ2) is 11.5. The Hall–Kier alpha value is -2.14. The van der Waals surface area contributed by atoms with Crippen LogP contribution in [0.15, 0.2) is 12.1 Å². The van der Waals surface area contributed by atoms with Gasteiger partial charge in [-0.05, 0) is 56.1 Å². The average Bonchev–Trinajstić information content (AvgIpc) is 2.81. The van der Waals surface area contributed by atoms with Crippen molar-refractivity contribution >= 4 is 21.7 Å². The van der Waals surface area contributed by atoms with Gasteiger partial charge in [-0.15, -0.1) is 0 Å². The lowest BCUT2D eigenvalue weighted by Crippen LogP contribution is -2.44. The summed E-state index contributed by atoms with van der Waals surface area (Å²) in [6.07, 6.45) is 3.72. The van der Waals surface area contributed by atoms with Crippen molar-refractivity contribution < 1.29 is 31.2 Å². The van der Waals surface area contributed by atoms with Crippen LogP contribution in [0.3, 0.4) is 0 Å². The summed E-state index contributed by atoms with van der Waals surface area (Å²) in [4.78, 5) is 27.9. The van der Waals surface area contributed by atoms with Crippen molar-refractivity contribution in [3.05, 3.63) is 35.1 Å². The van der Waals surface area contributed by atoms with E-state index in [1.54, 1.807) is 9.80 Å². The first-order chi connectivity index (χ1) is 16.1. The molecule has 1 aromatic carbocycles. The van der Waals surface area contributed by atoms with E-state index in [0.29, 0.717) is 45.1 Å². The smallest absolute Gasteiger partial charge is 0.237 e. The molecule has 7 nitrogen and oxygen atoms in total. The molecule has 34 heavy (non-hydrogen) atoms. The molecule has 2 aliphatic rings. The molecule has 0 saturated carbocycles. The van der Waals surface area contributed by atoms with E-state index < -0.39 is 45.0 Å². The van der Waals surface area contributed by atoms with E-state index >= 15 is 0 Å². The van der Waals surface area contributed by atoms with E-state index in [1.165, 1.54) is 0 Å². The van der Waals surface area contributed by atoms with Crippen LogP contribution in [0.4, 0.5) is 13.2 Å². The van der Waals surface area contributed by atoms with Gasteiger partial charge < -0.3 is 15.5 Å². The Bertz CT molecular complexity index is 991. The molecule has 3 rings (SSSR count). The predicted octanol–water partition coefficient (Wildman–Crippen LogP) is 2.03. The molecule has 2 fully saturated rings. The highest BCUT2D eigenvalue weighted by Crippen LogP contribution is 2.24. The number of amides is 2. The fourth-order valence-corrected chi connectivity index (χ4v) is 5.80. The number of sulfone groups is 1. The second-order valence-corrected chi connectivity index (χ2v) is 11.4. The first kappa shape index (κ1) is 26.5. The number of halogens is 3. The first-order valence-corrected chi connectivity index (χ1v) is 13.5. The standard InChI is InChI=1S/C23H32F3N3O4S/c24-18-14-20(26)19(25)12-17(18)13-21(27)16-4-9-29(10-5-16)22(30)6-11-34(32,33)15-23(31)28-7-2-1-3-8-28/h12,14,16,21H,1-11,13,15,27H2. The van der Waals surface area contributed by atoms with E-state index in [2.05, 4.69) is 0 Å². The quantitative estimate of drug-likeness (QED) is 0.547. The first-order valence-electron chi connectivity index (χ1n) is 11.7. The maximum Gasteiger partial charge on any atom is 0.237 e. The van der Waals surface area contributed by atoms with Gasteiger partial charge in [0, 0.05) is 44.7 Å². The van der Waals surface area contributed by atoms with Gasteiger partial charge in [-0.2, -0.15) is 0 Å². The largest absolute Gasteiger partial charge is 0.343 e. The summed E-state index contributed by atoms with van der Waals surface area (Å²) in [5.41, 5.74) is 6.19. The van der Waals surface area contributed by atoms with Gasteiger partial charge >= 0.3 is 0 Å². The summed E-state index contributed by atoms with van der Waals surface area (Å²) in [5, 5.41) is 0. The SMILES string of the molecule is NC(Cc1cc(F)c(F)cc1F)C1CCN(C(=O)CCS(=O)(=O)CC(=O)N2CCCCC2)CC1. The maximum atomic E-state index is 13.9. The van der Waals surface area contributed by atoms with Crippen molar-refractivity contribution in [2.45, 2.75) is 51.0 Å². The summed E-state index contributed by atoms with van der Waals surface area (Å²) in [5.74, 6) is -4.91. The highest BCUT2D eigenvalue weighted by molar-refractivity contribution is 7.92. The van der Waals surface area contributed by atoms with Gasteiger partial charge in [0.25, 0.3) is 0 Å². The van der Waals surface area contributed by atoms with Gasteiger partial charge in [0.15, 0.2) is 21.5 Å². The van der Waals surface area contributed by atoms with E-state index in [4.69, 9.17) is 5.73 Å². The molecule has 2 aliphatic heterocycles. The maximum absolute atomic E-state index is 13.9. The molecule has 2 amide bonds. The molecular formula is C23H32F3N3O4S. The van der Waals surface area contributed by atoms with Crippen LogP contribution in [0.2, 0.25) is 0 Å². The van der Waals surface area contributed by atoms with Crippen LogP contribution in [0, 0.1) is 23.4 Å². The molecule has 2 N–H and O–H groups in total. The van der Waals surface area contributed by atoms with Crippen molar-refractivity contribution in [2.24, 2.45) is 11.7 Å². The molecule has 1 aromatic rings. The van der Waals surface area contributed by atoms with Crippen molar-refractivity contribution in [3.8, 4) is 0 Å². The van der Waals surface area contributed by atoms with Gasteiger partial charge in [0.05, 0.1) is 5.75 Å². The Labute approximate surface area is 198 Å². The Morgan fingerprint density at radius 2 is 1.50 bits per heavy atom. The minimum absolute atomic E-state index is 0.00853. The van der Waals surface area contributed by atoms with Crippen LogP contribution in [-0.2, 0) is 25.8 Å². The number of nitrogens with zero attached hydrogens (tertiary/aromatic N) is 2. The van der Waals surface area contributed by atoms with E-state index in [9.17, 15) is 31.2 Å². The van der Waals surface area contributed by atoms with Crippen molar-refractivity contribution in [1.29, 1.82) is 0 Å². The third-order valence-electron chi connectivity index (χ3n) is 6.72. The molecule has 2 saturated heterocycles. The molecular weight excluding hydrogens is 471 g/mol. The number of nitrogens with two attached hydrogens (primary N) is 1. The molecule has 0 aromatic heterocycles. The second-order valence-electron chi connectivity index (χ2n) is 9.23. The Balaban J connectivity index is 1.43. The van der Waals surface area contributed by atoms with Crippen LogP contribution < -0.4 is 5.73 Å². The lowest BCUT2D eigenvalue weighted by Gasteiger charge is -2.35. The summed E-state index contributed by atoms with van der Waals surface area (Å²) in [6, 6.07) is 0.838. The van der Waals surface area contributed by atoms with E-state index in [0.717, 1.165) is 25.3 Å². The van der Waals surface area contributed by atoms with Gasteiger partial charge in [0.1, 0.15) is 11.6 Å². The number of likely N-dealkylation sites (tertiary alicyclic amines) is 2. The van der Waals surface area contributed by atoms with Crippen LogP contribution in [0.5, 0.6) is 0 Å². The van der Waals surface area contributed by atoms with Crippen LogP contribution in [0.1, 0.15) is 44.1 Å². The summed E-state index contributed by atoms with van der Waals surface area (Å²) in [6.45, 7) is 1.91. The number of carbonyl (C=O) groups excluding carboxylic acids is 2. The number of carbonyl (C=O) groups is 2. The van der Waals surface area contributed by atoms with Gasteiger partial charge in [0.2, 0.25) is 11.8 Å². The molecule has 1 unspecified atom stereocenters. The fraction of sp³-hybridized carbons (Fsp3) is 0.652. The van der Waals surface area contributed by atoms with Crippen molar-refractivity contribution in [1.82, 2.24) is 9.80 Å². The minimum atomic E-state index is -3.68. The van der Waals surface area contributed by atoms with E-state index in [1.807, 2.05) is 0 Å².